The monoisotopic (exact) mass is 292 g/mol. The summed E-state index contributed by atoms with van der Waals surface area (Å²) < 4.78 is 0. The van der Waals surface area contributed by atoms with Crippen molar-refractivity contribution < 1.29 is 4.79 Å². The number of rotatable bonds is 2. The van der Waals surface area contributed by atoms with Gasteiger partial charge in [-0.3, -0.25) is 4.79 Å². The van der Waals surface area contributed by atoms with Crippen molar-refractivity contribution in [3.8, 4) is 0 Å². The zero-order valence-corrected chi connectivity index (χ0v) is 13.5. The molecule has 3 heteroatoms. The molecule has 2 unspecified atom stereocenters. The third kappa shape index (κ3) is 3.13. The van der Waals surface area contributed by atoms with Gasteiger partial charge in [0.1, 0.15) is 0 Å². The van der Waals surface area contributed by atoms with Crippen molar-refractivity contribution >= 4 is 5.91 Å². The lowest BCUT2D eigenvalue weighted by molar-refractivity contribution is -0.145. The highest BCUT2D eigenvalue weighted by molar-refractivity contribution is 5.83. The fourth-order valence-electron chi connectivity index (χ4n) is 5.03. The van der Waals surface area contributed by atoms with E-state index in [1.807, 2.05) is 0 Å². The molecule has 3 nitrogen and oxygen atoms in total. The molecule has 0 aromatic carbocycles. The third-order valence-corrected chi connectivity index (χ3v) is 6.48. The summed E-state index contributed by atoms with van der Waals surface area (Å²) in [6.07, 6.45) is 13.7. The number of nitrogens with zero attached hydrogens (tertiary/aromatic N) is 1. The molecule has 0 aromatic heterocycles. The van der Waals surface area contributed by atoms with Crippen LogP contribution in [0.3, 0.4) is 0 Å². The molecule has 1 aliphatic heterocycles. The quantitative estimate of drug-likeness (QED) is 0.794. The molecule has 2 N–H and O–H groups in total. The maximum absolute atomic E-state index is 13.2. The van der Waals surface area contributed by atoms with Crippen molar-refractivity contribution in [2.75, 3.05) is 19.6 Å². The van der Waals surface area contributed by atoms with Crippen molar-refractivity contribution in [2.24, 2.45) is 23.0 Å². The normalized spacial score (nSPS) is 33.1. The van der Waals surface area contributed by atoms with Gasteiger partial charge in [-0.1, -0.05) is 44.9 Å². The molecule has 0 aromatic rings. The van der Waals surface area contributed by atoms with Crippen molar-refractivity contribution in [3.05, 3.63) is 0 Å². The summed E-state index contributed by atoms with van der Waals surface area (Å²) in [7, 11) is 0. The summed E-state index contributed by atoms with van der Waals surface area (Å²) in [5.74, 6) is 2.07. The van der Waals surface area contributed by atoms with Gasteiger partial charge in [-0.2, -0.15) is 0 Å². The topological polar surface area (TPSA) is 46.3 Å². The van der Waals surface area contributed by atoms with Crippen molar-refractivity contribution in [1.29, 1.82) is 0 Å². The standard InChI is InChI=1S/C18H32N2O/c19-14-18(10-5-1-2-6-11-18)17(21)20-12-9-15-7-3-4-8-16(15)13-20/h15-16H,1-14,19H2. The van der Waals surface area contributed by atoms with Crippen LogP contribution in [0.5, 0.6) is 0 Å². The summed E-state index contributed by atoms with van der Waals surface area (Å²) in [5.41, 5.74) is 5.88. The van der Waals surface area contributed by atoms with Gasteiger partial charge in [0.2, 0.25) is 5.91 Å². The van der Waals surface area contributed by atoms with Gasteiger partial charge in [0, 0.05) is 19.6 Å². The number of fused-ring (bicyclic) bond motifs is 1. The number of nitrogens with two attached hydrogens (primary N) is 1. The largest absolute Gasteiger partial charge is 0.342 e. The second-order valence-electron chi connectivity index (χ2n) is 7.74. The molecule has 0 spiro atoms. The van der Waals surface area contributed by atoms with Gasteiger partial charge in [-0.05, 0) is 37.5 Å². The number of carbonyl (C=O) groups excluding carboxylic acids is 1. The van der Waals surface area contributed by atoms with Crippen LogP contribution in [-0.4, -0.2) is 30.4 Å². The zero-order chi connectivity index (χ0) is 14.7. The predicted molar refractivity (Wildman–Crippen MR) is 85.8 cm³/mol. The van der Waals surface area contributed by atoms with Gasteiger partial charge >= 0.3 is 0 Å². The van der Waals surface area contributed by atoms with Gasteiger partial charge in [-0.15, -0.1) is 0 Å². The fraction of sp³-hybridized carbons (Fsp3) is 0.944. The van der Waals surface area contributed by atoms with Crippen LogP contribution in [0.4, 0.5) is 0 Å². The number of carbonyl (C=O) groups is 1. The van der Waals surface area contributed by atoms with E-state index in [-0.39, 0.29) is 5.41 Å². The molecule has 1 saturated heterocycles. The smallest absolute Gasteiger partial charge is 0.230 e. The first-order valence-corrected chi connectivity index (χ1v) is 9.25. The average molecular weight is 292 g/mol. The van der Waals surface area contributed by atoms with Crippen molar-refractivity contribution in [2.45, 2.75) is 70.6 Å². The first-order chi connectivity index (χ1) is 10.2. The van der Waals surface area contributed by atoms with E-state index in [9.17, 15) is 4.79 Å². The minimum Gasteiger partial charge on any atom is -0.342 e. The lowest BCUT2D eigenvalue weighted by atomic mass is 9.73. The highest BCUT2D eigenvalue weighted by Crippen LogP contribution is 2.40. The predicted octanol–water partition coefficient (Wildman–Crippen LogP) is 3.32. The Kier molecular flexibility index (Phi) is 4.88. The van der Waals surface area contributed by atoms with Crippen LogP contribution in [0, 0.1) is 17.3 Å². The molecule has 2 atom stereocenters. The summed E-state index contributed by atoms with van der Waals surface area (Å²) in [6, 6.07) is 0. The molecule has 1 heterocycles. The van der Waals surface area contributed by atoms with Crippen LogP contribution in [0.1, 0.15) is 70.6 Å². The number of piperidine rings is 1. The number of hydrogen-bond acceptors (Lipinski definition) is 2. The summed E-state index contributed by atoms with van der Waals surface area (Å²) in [4.78, 5) is 15.4. The van der Waals surface area contributed by atoms with Gasteiger partial charge in [-0.25, -0.2) is 0 Å². The van der Waals surface area contributed by atoms with E-state index in [0.29, 0.717) is 12.5 Å². The first-order valence-electron chi connectivity index (χ1n) is 9.25. The molecule has 3 rings (SSSR count). The second-order valence-corrected chi connectivity index (χ2v) is 7.74. The van der Waals surface area contributed by atoms with Gasteiger partial charge in [0.15, 0.2) is 0 Å². The van der Waals surface area contributed by atoms with E-state index >= 15 is 0 Å². The van der Waals surface area contributed by atoms with E-state index in [2.05, 4.69) is 4.90 Å². The van der Waals surface area contributed by atoms with Gasteiger partial charge in [0.25, 0.3) is 0 Å². The highest BCUT2D eigenvalue weighted by atomic mass is 16.2. The molecular weight excluding hydrogens is 260 g/mol. The molecule has 3 fully saturated rings. The Morgan fingerprint density at radius 1 is 0.952 bits per heavy atom. The maximum Gasteiger partial charge on any atom is 0.230 e. The Hall–Kier alpha value is -0.570. The van der Waals surface area contributed by atoms with E-state index in [1.165, 1.54) is 57.8 Å². The van der Waals surface area contributed by atoms with Crippen molar-refractivity contribution in [1.82, 2.24) is 4.90 Å². The SMILES string of the molecule is NCC1(C(=O)N2CCC3CCCCC3C2)CCCCCC1. The van der Waals surface area contributed by atoms with Crippen LogP contribution in [0.2, 0.25) is 0 Å². The maximum atomic E-state index is 13.2. The Morgan fingerprint density at radius 2 is 1.62 bits per heavy atom. The van der Waals surface area contributed by atoms with E-state index < -0.39 is 0 Å². The third-order valence-electron chi connectivity index (χ3n) is 6.48. The molecule has 2 aliphatic carbocycles. The summed E-state index contributed by atoms with van der Waals surface area (Å²) >= 11 is 0. The highest BCUT2D eigenvalue weighted by Gasteiger charge is 2.42. The van der Waals surface area contributed by atoms with E-state index in [0.717, 1.165) is 37.8 Å². The molecule has 0 radical (unpaired) electrons. The molecule has 120 valence electrons. The van der Waals surface area contributed by atoms with Gasteiger partial charge < -0.3 is 10.6 Å². The lowest BCUT2D eigenvalue weighted by Crippen LogP contribution is -2.52. The van der Waals surface area contributed by atoms with E-state index in [4.69, 9.17) is 5.73 Å². The Bertz CT molecular complexity index is 360. The van der Waals surface area contributed by atoms with Gasteiger partial charge in [0.05, 0.1) is 5.41 Å². The zero-order valence-electron chi connectivity index (χ0n) is 13.5. The number of amides is 1. The van der Waals surface area contributed by atoms with Crippen molar-refractivity contribution in [3.63, 3.8) is 0 Å². The van der Waals surface area contributed by atoms with Crippen LogP contribution in [-0.2, 0) is 4.79 Å². The Balaban J connectivity index is 1.68. The molecule has 1 amide bonds. The number of hydrogen-bond donors (Lipinski definition) is 1. The van der Waals surface area contributed by atoms with Crippen LogP contribution in [0.15, 0.2) is 0 Å². The van der Waals surface area contributed by atoms with Crippen LogP contribution in [0.25, 0.3) is 0 Å². The molecule has 2 saturated carbocycles. The summed E-state index contributed by atoms with van der Waals surface area (Å²) in [5, 5.41) is 0. The second kappa shape index (κ2) is 6.68. The fourth-order valence-corrected chi connectivity index (χ4v) is 5.03. The van der Waals surface area contributed by atoms with Crippen LogP contribution < -0.4 is 5.73 Å². The lowest BCUT2D eigenvalue weighted by Gasteiger charge is -2.44. The average Bonchev–Trinajstić information content (AvgIpc) is 2.80. The minimum atomic E-state index is -0.224. The molecule has 0 bridgehead atoms. The number of likely N-dealkylation sites (tertiary alicyclic amines) is 1. The van der Waals surface area contributed by atoms with Crippen LogP contribution >= 0.6 is 0 Å². The Labute approximate surface area is 129 Å². The summed E-state index contributed by atoms with van der Waals surface area (Å²) in [6.45, 7) is 2.56. The Morgan fingerprint density at radius 3 is 2.29 bits per heavy atom. The first kappa shape index (κ1) is 15.3. The molecule has 21 heavy (non-hydrogen) atoms. The van der Waals surface area contributed by atoms with E-state index in [1.54, 1.807) is 0 Å². The molecular formula is C18H32N2O. The molecule has 3 aliphatic rings. The minimum absolute atomic E-state index is 0.224.